The van der Waals surface area contributed by atoms with E-state index in [4.69, 9.17) is 18.0 Å². The highest BCUT2D eigenvalue weighted by atomic mass is 32.2. The minimum atomic E-state index is -3.64. The van der Waals surface area contributed by atoms with Crippen LogP contribution in [0.15, 0.2) is 34.1 Å². The molecule has 0 saturated carbocycles. The fourth-order valence-corrected chi connectivity index (χ4v) is 2.46. The molecular weight excluding hydrogens is 302 g/mol. The van der Waals surface area contributed by atoms with Crippen molar-refractivity contribution in [2.24, 2.45) is 5.73 Å². The van der Waals surface area contributed by atoms with Crippen LogP contribution >= 0.6 is 12.2 Å². The summed E-state index contributed by atoms with van der Waals surface area (Å²) in [5.41, 5.74) is 5.75. The number of nitrogens with two attached hydrogens (primary N) is 1. The minimum absolute atomic E-state index is 0.0330. The second-order valence-corrected chi connectivity index (χ2v) is 5.95. The lowest BCUT2D eigenvalue weighted by molar-refractivity contribution is 0.410. The molecule has 2 aromatic heterocycles. The Kier molecular flexibility index (Phi) is 4.37. The maximum absolute atomic E-state index is 12.0. The van der Waals surface area contributed by atoms with Gasteiger partial charge >= 0.3 is 0 Å². The molecule has 2 heterocycles. The Morgan fingerprint density at radius 3 is 2.75 bits per heavy atom. The highest BCUT2D eigenvalue weighted by Gasteiger charge is 2.14. The Bertz CT molecular complexity index is 682. The van der Waals surface area contributed by atoms with E-state index in [-0.39, 0.29) is 16.4 Å². The molecule has 0 aliphatic heterocycles. The standard InChI is InChI=1S/C10H11N5O3S2/c11-10(19)8-2-1-7(5-12-8)20(16,17)14-4-3-9-13-6-18-15-9/h1-2,5-6,14H,3-4H2,(H2,11,19). The van der Waals surface area contributed by atoms with Crippen LogP contribution in [0, 0.1) is 0 Å². The first-order chi connectivity index (χ1) is 9.49. The number of pyridine rings is 1. The van der Waals surface area contributed by atoms with E-state index in [0.717, 1.165) is 0 Å². The maximum atomic E-state index is 12.0. The van der Waals surface area contributed by atoms with E-state index in [1.54, 1.807) is 0 Å². The smallest absolute Gasteiger partial charge is 0.242 e. The fourth-order valence-electron chi connectivity index (χ4n) is 1.37. The third-order valence-corrected chi connectivity index (χ3v) is 4.00. The van der Waals surface area contributed by atoms with Gasteiger partial charge in [-0.15, -0.1) is 0 Å². The van der Waals surface area contributed by atoms with Gasteiger partial charge in [-0.1, -0.05) is 17.4 Å². The van der Waals surface area contributed by atoms with Gasteiger partial charge in [-0.3, -0.25) is 4.98 Å². The molecule has 2 rings (SSSR count). The van der Waals surface area contributed by atoms with Crippen LogP contribution in [0.25, 0.3) is 0 Å². The molecule has 0 bridgehead atoms. The average molecular weight is 313 g/mol. The van der Waals surface area contributed by atoms with Crippen LogP contribution < -0.4 is 10.5 Å². The number of sulfonamides is 1. The molecule has 3 N–H and O–H groups in total. The number of nitrogens with one attached hydrogen (secondary N) is 1. The molecule has 0 unspecified atom stereocenters. The van der Waals surface area contributed by atoms with Crippen molar-refractivity contribution >= 4 is 27.2 Å². The van der Waals surface area contributed by atoms with Crippen LogP contribution in [0.1, 0.15) is 11.5 Å². The molecule has 0 atom stereocenters. The molecular formula is C10H11N5O3S2. The molecule has 0 radical (unpaired) electrons. The van der Waals surface area contributed by atoms with Crippen molar-refractivity contribution in [1.82, 2.24) is 19.8 Å². The van der Waals surface area contributed by atoms with Crippen molar-refractivity contribution in [2.75, 3.05) is 6.54 Å². The molecule has 0 aromatic carbocycles. The first kappa shape index (κ1) is 14.5. The van der Waals surface area contributed by atoms with Crippen molar-refractivity contribution in [3.05, 3.63) is 36.2 Å². The zero-order chi connectivity index (χ0) is 14.6. The number of hydrogen-bond donors (Lipinski definition) is 2. The van der Waals surface area contributed by atoms with E-state index in [1.165, 1.54) is 24.7 Å². The Morgan fingerprint density at radius 1 is 1.40 bits per heavy atom. The van der Waals surface area contributed by atoms with Gasteiger partial charge in [0.2, 0.25) is 16.4 Å². The number of rotatable bonds is 6. The van der Waals surface area contributed by atoms with Gasteiger partial charge < -0.3 is 10.3 Å². The zero-order valence-corrected chi connectivity index (χ0v) is 11.8. The van der Waals surface area contributed by atoms with Gasteiger partial charge in [-0.25, -0.2) is 13.1 Å². The third-order valence-electron chi connectivity index (χ3n) is 2.35. The number of hydrogen-bond acceptors (Lipinski definition) is 7. The van der Waals surface area contributed by atoms with Gasteiger partial charge in [0, 0.05) is 19.2 Å². The molecule has 20 heavy (non-hydrogen) atoms. The lowest BCUT2D eigenvalue weighted by Crippen LogP contribution is -2.26. The first-order valence-electron chi connectivity index (χ1n) is 5.50. The van der Waals surface area contributed by atoms with Crippen molar-refractivity contribution in [2.45, 2.75) is 11.3 Å². The molecule has 10 heteroatoms. The van der Waals surface area contributed by atoms with E-state index >= 15 is 0 Å². The summed E-state index contributed by atoms with van der Waals surface area (Å²) >= 11 is 4.74. The highest BCUT2D eigenvalue weighted by molar-refractivity contribution is 7.89. The fraction of sp³-hybridized carbons (Fsp3) is 0.200. The second-order valence-electron chi connectivity index (χ2n) is 3.74. The molecule has 0 aliphatic carbocycles. The molecule has 0 aliphatic rings. The predicted molar refractivity (Wildman–Crippen MR) is 73.3 cm³/mol. The van der Waals surface area contributed by atoms with Crippen LogP contribution in [0.3, 0.4) is 0 Å². The molecule has 0 spiro atoms. The highest BCUT2D eigenvalue weighted by Crippen LogP contribution is 2.07. The maximum Gasteiger partial charge on any atom is 0.242 e. The lowest BCUT2D eigenvalue weighted by Gasteiger charge is -2.05. The quantitative estimate of drug-likeness (QED) is 0.692. The van der Waals surface area contributed by atoms with Crippen molar-refractivity contribution < 1.29 is 12.9 Å². The van der Waals surface area contributed by atoms with Gasteiger partial charge in [-0.2, -0.15) is 4.98 Å². The molecule has 0 fully saturated rings. The van der Waals surface area contributed by atoms with E-state index in [0.29, 0.717) is 17.9 Å². The summed E-state index contributed by atoms with van der Waals surface area (Å²) in [7, 11) is -3.64. The summed E-state index contributed by atoms with van der Waals surface area (Å²) in [6.45, 7) is 0.152. The van der Waals surface area contributed by atoms with Crippen LogP contribution in [0.4, 0.5) is 0 Å². The van der Waals surface area contributed by atoms with E-state index in [1.807, 2.05) is 0 Å². The molecule has 106 valence electrons. The predicted octanol–water partition coefficient (Wildman–Crippen LogP) is -0.380. The summed E-state index contributed by atoms with van der Waals surface area (Å²) in [6.07, 6.45) is 2.71. The van der Waals surface area contributed by atoms with Crippen LogP contribution in [-0.2, 0) is 16.4 Å². The summed E-state index contributed by atoms with van der Waals surface area (Å²) in [5.74, 6) is 0.426. The number of nitrogens with zero attached hydrogens (tertiary/aromatic N) is 3. The Labute approximate surface area is 120 Å². The molecule has 0 saturated heterocycles. The van der Waals surface area contributed by atoms with E-state index in [2.05, 4.69) is 24.4 Å². The van der Waals surface area contributed by atoms with E-state index in [9.17, 15) is 8.42 Å². The van der Waals surface area contributed by atoms with Crippen LogP contribution in [-0.4, -0.2) is 35.1 Å². The largest absolute Gasteiger partial charge is 0.388 e. The van der Waals surface area contributed by atoms with Gasteiger partial charge in [-0.05, 0) is 12.1 Å². The number of aromatic nitrogens is 3. The lowest BCUT2D eigenvalue weighted by atomic mass is 10.3. The number of thiocarbonyl (C=S) groups is 1. The minimum Gasteiger partial charge on any atom is -0.388 e. The van der Waals surface area contributed by atoms with Crippen LogP contribution in [0.2, 0.25) is 0 Å². The Hall–Kier alpha value is -1.91. The second kappa shape index (κ2) is 6.03. The van der Waals surface area contributed by atoms with E-state index < -0.39 is 10.0 Å². The first-order valence-corrected chi connectivity index (χ1v) is 7.39. The Morgan fingerprint density at radius 2 is 2.20 bits per heavy atom. The zero-order valence-electron chi connectivity index (χ0n) is 10.2. The molecule has 8 nitrogen and oxygen atoms in total. The van der Waals surface area contributed by atoms with Gasteiger partial charge in [0.05, 0.1) is 5.69 Å². The van der Waals surface area contributed by atoms with Crippen molar-refractivity contribution in [3.63, 3.8) is 0 Å². The summed E-state index contributed by atoms with van der Waals surface area (Å²) in [4.78, 5) is 7.81. The Balaban J connectivity index is 2.00. The third kappa shape index (κ3) is 3.56. The van der Waals surface area contributed by atoms with Crippen molar-refractivity contribution in [1.29, 1.82) is 0 Å². The molecule has 2 aromatic rings. The average Bonchev–Trinajstić information content (AvgIpc) is 2.92. The normalized spacial score (nSPS) is 11.4. The van der Waals surface area contributed by atoms with Gasteiger partial charge in [0.25, 0.3) is 0 Å². The monoisotopic (exact) mass is 313 g/mol. The van der Waals surface area contributed by atoms with Crippen molar-refractivity contribution in [3.8, 4) is 0 Å². The summed E-state index contributed by atoms with van der Waals surface area (Å²) in [5, 5.41) is 3.58. The summed E-state index contributed by atoms with van der Waals surface area (Å²) in [6, 6.07) is 2.84. The summed E-state index contributed by atoms with van der Waals surface area (Å²) < 4.78 is 30.9. The van der Waals surface area contributed by atoms with Gasteiger partial charge in [0.1, 0.15) is 9.88 Å². The SMILES string of the molecule is NC(=S)c1ccc(S(=O)(=O)NCCc2ncon2)cn1. The topological polar surface area (TPSA) is 124 Å². The molecule has 0 amide bonds. The van der Waals surface area contributed by atoms with Gasteiger partial charge in [0.15, 0.2) is 5.82 Å². The van der Waals surface area contributed by atoms with Crippen LogP contribution in [0.5, 0.6) is 0 Å².